The molecule has 5 unspecified atom stereocenters. The summed E-state index contributed by atoms with van der Waals surface area (Å²) in [6.45, 7) is 5.11. The van der Waals surface area contributed by atoms with Gasteiger partial charge in [-0.05, 0) is 6.42 Å². The molecule has 8 heteroatoms. The van der Waals surface area contributed by atoms with Crippen molar-refractivity contribution in [3.8, 4) is 0 Å². The molecule has 7 nitrogen and oxygen atoms in total. The molecule has 0 aromatic heterocycles. The Balaban J connectivity index is 2.89. The average Bonchev–Trinajstić information content (AvgIpc) is 2.63. The van der Waals surface area contributed by atoms with Gasteiger partial charge in [-0.1, -0.05) is 6.92 Å². The third-order valence-electron chi connectivity index (χ3n) is 2.86. The van der Waals surface area contributed by atoms with Crippen molar-refractivity contribution in [1.29, 1.82) is 0 Å². The highest BCUT2D eigenvalue weighted by Crippen LogP contribution is 2.31. The molecule has 1 fully saturated rings. The second kappa shape index (κ2) is 7.35. The van der Waals surface area contributed by atoms with Crippen LogP contribution in [-0.2, 0) is 33.3 Å². The maximum Gasteiger partial charge on any atom is 0.305 e. The van der Waals surface area contributed by atoms with Crippen LogP contribution < -0.4 is 0 Å². The number of carbonyl (C=O) groups excluding carboxylic acids is 3. The van der Waals surface area contributed by atoms with Crippen molar-refractivity contribution < 1.29 is 37.7 Å². The van der Waals surface area contributed by atoms with Gasteiger partial charge < -0.3 is 18.9 Å². The van der Waals surface area contributed by atoms with Crippen LogP contribution in [0.1, 0.15) is 34.1 Å². The molecule has 0 aromatic carbocycles. The molecule has 0 amide bonds. The smallest absolute Gasteiger partial charge is 0.305 e. The van der Waals surface area contributed by atoms with Crippen molar-refractivity contribution in [3.63, 3.8) is 0 Å². The number of esters is 3. The number of hydrogen-bond donors (Lipinski definition) is 0. The maximum absolute atomic E-state index is 14.4. The number of ether oxygens (including phenoxy) is 4. The van der Waals surface area contributed by atoms with Crippen molar-refractivity contribution in [1.82, 2.24) is 0 Å². The Morgan fingerprint density at radius 3 is 2.10 bits per heavy atom. The molecule has 1 heterocycles. The summed E-state index contributed by atoms with van der Waals surface area (Å²) in [6.07, 6.45) is -6.27. The number of hydrogen-bond acceptors (Lipinski definition) is 7. The van der Waals surface area contributed by atoms with Crippen LogP contribution in [0.2, 0.25) is 0 Å². The van der Waals surface area contributed by atoms with Crippen molar-refractivity contribution >= 4 is 17.9 Å². The third kappa shape index (κ3) is 4.66. The summed E-state index contributed by atoms with van der Waals surface area (Å²) in [4.78, 5) is 33.1. The lowest BCUT2D eigenvalue weighted by Crippen LogP contribution is -2.39. The highest BCUT2D eigenvalue weighted by Gasteiger charge is 2.52. The first-order valence-electron chi connectivity index (χ1n) is 6.57. The SMILES string of the molecule is CCC(OC(C)=O)C1OC(OC(C)=O)C(OC(C)=O)C1F. The van der Waals surface area contributed by atoms with Gasteiger partial charge in [0.2, 0.25) is 6.29 Å². The summed E-state index contributed by atoms with van der Waals surface area (Å²) in [7, 11) is 0. The van der Waals surface area contributed by atoms with E-state index >= 15 is 0 Å². The molecular formula is C13H19FO7. The molecule has 0 aromatic rings. The minimum Gasteiger partial charge on any atom is -0.460 e. The maximum atomic E-state index is 14.4. The van der Waals surface area contributed by atoms with Crippen LogP contribution in [0.5, 0.6) is 0 Å². The molecular weight excluding hydrogens is 287 g/mol. The lowest BCUT2D eigenvalue weighted by Gasteiger charge is -2.22. The van der Waals surface area contributed by atoms with Gasteiger partial charge in [0, 0.05) is 20.8 Å². The second-order valence-corrected chi connectivity index (χ2v) is 4.65. The van der Waals surface area contributed by atoms with Crippen molar-refractivity contribution in [2.24, 2.45) is 0 Å². The number of carbonyl (C=O) groups is 3. The van der Waals surface area contributed by atoms with Crippen LogP contribution in [0.15, 0.2) is 0 Å². The summed E-state index contributed by atoms with van der Waals surface area (Å²) >= 11 is 0. The fourth-order valence-corrected chi connectivity index (χ4v) is 2.10. The molecule has 0 bridgehead atoms. The quantitative estimate of drug-likeness (QED) is 0.550. The summed E-state index contributed by atoms with van der Waals surface area (Å²) in [5, 5.41) is 0. The Morgan fingerprint density at radius 1 is 1.10 bits per heavy atom. The first kappa shape index (κ1) is 17.4. The van der Waals surface area contributed by atoms with E-state index in [2.05, 4.69) is 0 Å². The predicted molar refractivity (Wildman–Crippen MR) is 66.7 cm³/mol. The highest BCUT2D eigenvalue weighted by atomic mass is 19.1. The molecule has 120 valence electrons. The van der Waals surface area contributed by atoms with E-state index in [0.717, 1.165) is 13.8 Å². The Bertz CT molecular complexity index is 411. The van der Waals surface area contributed by atoms with Gasteiger partial charge in [-0.25, -0.2) is 4.39 Å². The van der Waals surface area contributed by atoms with Crippen LogP contribution in [-0.4, -0.2) is 48.7 Å². The molecule has 0 spiro atoms. The fraction of sp³-hybridized carbons (Fsp3) is 0.769. The zero-order valence-corrected chi connectivity index (χ0v) is 12.3. The van der Waals surface area contributed by atoms with Gasteiger partial charge in [-0.2, -0.15) is 0 Å². The number of halogens is 1. The predicted octanol–water partition coefficient (Wildman–Crippen LogP) is 0.886. The van der Waals surface area contributed by atoms with Crippen LogP contribution in [0.25, 0.3) is 0 Å². The summed E-state index contributed by atoms with van der Waals surface area (Å²) in [6, 6.07) is 0. The summed E-state index contributed by atoms with van der Waals surface area (Å²) in [5.74, 6) is -2.02. The average molecular weight is 306 g/mol. The second-order valence-electron chi connectivity index (χ2n) is 4.65. The van der Waals surface area contributed by atoms with E-state index in [4.69, 9.17) is 18.9 Å². The lowest BCUT2D eigenvalue weighted by atomic mass is 10.0. The Labute approximate surface area is 121 Å². The van der Waals surface area contributed by atoms with E-state index in [0.29, 0.717) is 6.42 Å². The topological polar surface area (TPSA) is 88.1 Å². The van der Waals surface area contributed by atoms with Crippen LogP contribution >= 0.6 is 0 Å². The van der Waals surface area contributed by atoms with Crippen LogP contribution in [0.4, 0.5) is 4.39 Å². The Hall–Kier alpha value is -1.70. The zero-order valence-electron chi connectivity index (χ0n) is 12.3. The van der Waals surface area contributed by atoms with E-state index in [9.17, 15) is 18.8 Å². The van der Waals surface area contributed by atoms with E-state index in [1.54, 1.807) is 6.92 Å². The van der Waals surface area contributed by atoms with Crippen molar-refractivity contribution in [2.75, 3.05) is 0 Å². The molecule has 1 aliphatic heterocycles. The first-order valence-corrected chi connectivity index (χ1v) is 6.57. The Morgan fingerprint density at radius 2 is 1.67 bits per heavy atom. The highest BCUT2D eigenvalue weighted by molar-refractivity contribution is 5.67. The third-order valence-corrected chi connectivity index (χ3v) is 2.86. The molecule has 21 heavy (non-hydrogen) atoms. The van der Waals surface area contributed by atoms with E-state index in [1.807, 2.05) is 0 Å². The molecule has 0 aliphatic carbocycles. The zero-order chi connectivity index (χ0) is 16.2. The van der Waals surface area contributed by atoms with Gasteiger partial charge in [0.25, 0.3) is 0 Å². The van der Waals surface area contributed by atoms with Crippen LogP contribution in [0, 0.1) is 0 Å². The van der Waals surface area contributed by atoms with E-state index < -0.39 is 48.7 Å². The van der Waals surface area contributed by atoms with Gasteiger partial charge in [0.1, 0.15) is 12.2 Å². The number of alkyl halides is 1. The van der Waals surface area contributed by atoms with E-state index in [1.165, 1.54) is 6.92 Å². The normalized spacial score (nSPS) is 29.6. The standard InChI is InChI=1S/C13H19FO7/c1-5-9(18-6(2)15)11-10(14)12(19-7(3)16)13(21-11)20-8(4)17/h9-13H,5H2,1-4H3. The minimum atomic E-state index is -1.78. The molecule has 1 rings (SSSR count). The van der Waals surface area contributed by atoms with Gasteiger partial charge in [0.05, 0.1) is 0 Å². The first-order chi connectivity index (χ1) is 9.76. The summed E-state index contributed by atoms with van der Waals surface area (Å²) < 4.78 is 34.3. The van der Waals surface area contributed by atoms with Crippen molar-refractivity contribution in [2.45, 2.75) is 64.9 Å². The van der Waals surface area contributed by atoms with Gasteiger partial charge >= 0.3 is 17.9 Å². The molecule has 1 saturated heterocycles. The molecule has 5 atom stereocenters. The van der Waals surface area contributed by atoms with Gasteiger partial charge in [-0.15, -0.1) is 0 Å². The van der Waals surface area contributed by atoms with Crippen molar-refractivity contribution in [3.05, 3.63) is 0 Å². The molecule has 0 N–H and O–H groups in total. The van der Waals surface area contributed by atoms with E-state index in [-0.39, 0.29) is 0 Å². The van der Waals surface area contributed by atoms with Gasteiger partial charge in [-0.3, -0.25) is 14.4 Å². The number of rotatable bonds is 5. The molecule has 0 saturated carbocycles. The lowest BCUT2D eigenvalue weighted by molar-refractivity contribution is -0.201. The van der Waals surface area contributed by atoms with Crippen LogP contribution in [0.3, 0.4) is 0 Å². The fourth-order valence-electron chi connectivity index (χ4n) is 2.10. The molecule has 0 radical (unpaired) electrons. The largest absolute Gasteiger partial charge is 0.460 e. The molecule has 1 aliphatic rings. The summed E-state index contributed by atoms with van der Waals surface area (Å²) in [5.41, 5.74) is 0. The monoisotopic (exact) mass is 306 g/mol. The minimum absolute atomic E-state index is 0.296. The Kier molecular flexibility index (Phi) is 6.07. The van der Waals surface area contributed by atoms with Gasteiger partial charge in [0.15, 0.2) is 12.3 Å².